The lowest BCUT2D eigenvalue weighted by Gasteiger charge is -2.15. The lowest BCUT2D eigenvalue weighted by molar-refractivity contribution is -0.137. The summed E-state index contributed by atoms with van der Waals surface area (Å²) in [7, 11) is 0. The van der Waals surface area contributed by atoms with E-state index >= 15 is 0 Å². The topological polar surface area (TPSA) is 106 Å². The molecule has 0 aliphatic rings. The van der Waals surface area contributed by atoms with E-state index in [0.29, 0.717) is 16.8 Å². The number of anilines is 1. The van der Waals surface area contributed by atoms with E-state index in [1.165, 1.54) is 29.3 Å². The van der Waals surface area contributed by atoms with Gasteiger partial charge in [-0.15, -0.1) is 0 Å². The predicted molar refractivity (Wildman–Crippen MR) is 130 cm³/mol. The largest absolute Gasteiger partial charge is 0.417 e. The average Bonchev–Trinajstić information content (AvgIpc) is 3.26. The zero-order chi connectivity index (χ0) is 27.0. The molecule has 5 aromatic rings. The molecular weight excluding hydrogens is 504 g/mol. The van der Waals surface area contributed by atoms with Crippen LogP contribution < -0.4 is 5.32 Å². The molecule has 3 aromatic heterocycles. The van der Waals surface area contributed by atoms with Gasteiger partial charge in [0.05, 0.1) is 22.9 Å². The summed E-state index contributed by atoms with van der Waals surface area (Å²) in [5.74, 6) is -2.67. The van der Waals surface area contributed by atoms with Crippen molar-refractivity contribution in [1.82, 2.24) is 24.7 Å². The molecule has 3 heterocycles. The van der Waals surface area contributed by atoms with E-state index in [4.69, 9.17) is 0 Å². The van der Waals surface area contributed by atoms with Crippen molar-refractivity contribution in [2.45, 2.75) is 19.2 Å². The molecule has 8 nitrogen and oxygen atoms in total. The highest BCUT2D eigenvalue weighted by Crippen LogP contribution is 2.38. The number of halogens is 4. The Morgan fingerprint density at radius 2 is 1.74 bits per heavy atom. The molecule has 0 saturated heterocycles. The molecule has 2 aromatic carbocycles. The zero-order valence-electron chi connectivity index (χ0n) is 19.6. The number of alkyl halides is 3. The summed E-state index contributed by atoms with van der Waals surface area (Å²) in [5.41, 5.74) is -0.954. The molecule has 5 rings (SSSR count). The number of aromatic nitrogens is 5. The quantitative estimate of drug-likeness (QED) is 0.302. The minimum absolute atomic E-state index is 0.0603. The number of para-hydroxylation sites is 1. The Morgan fingerprint density at radius 1 is 1.03 bits per heavy atom. The molecule has 2 N–H and O–H groups in total. The third kappa shape index (κ3) is 4.68. The van der Waals surface area contributed by atoms with Crippen LogP contribution in [0, 0.1) is 5.82 Å². The van der Waals surface area contributed by atoms with Gasteiger partial charge in [-0.3, -0.25) is 9.78 Å². The van der Waals surface area contributed by atoms with Crippen LogP contribution in [0.25, 0.3) is 28.1 Å². The van der Waals surface area contributed by atoms with E-state index in [9.17, 15) is 27.5 Å². The molecule has 192 valence electrons. The number of nitrogens with one attached hydrogen (secondary N) is 1. The summed E-state index contributed by atoms with van der Waals surface area (Å²) in [4.78, 5) is 25.3. The van der Waals surface area contributed by atoms with E-state index in [0.717, 1.165) is 6.07 Å². The van der Waals surface area contributed by atoms with Gasteiger partial charge in [0.25, 0.3) is 5.91 Å². The number of amides is 1. The minimum atomic E-state index is -4.92. The Kier molecular flexibility index (Phi) is 6.33. The van der Waals surface area contributed by atoms with Crippen LogP contribution in [0.1, 0.15) is 34.5 Å². The van der Waals surface area contributed by atoms with Crippen LogP contribution in [-0.4, -0.2) is 35.7 Å². The summed E-state index contributed by atoms with van der Waals surface area (Å²) in [5, 5.41) is 16.9. The molecule has 38 heavy (non-hydrogen) atoms. The predicted octanol–water partition coefficient (Wildman–Crippen LogP) is 5.34. The third-order valence-corrected chi connectivity index (χ3v) is 5.71. The summed E-state index contributed by atoms with van der Waals surface area (Å²) in [6, 6.07) is 12.7. The van der Waals surface area contributed by atoms with Crippen LogP contribution in [0.15, 0.2) is 73.2 Å². The van der Waals surface area contributed by atoms with E-state index in [1.54, 1.807) is 43.3 Å². The van der Waals surface area contributed by atoms with Crippen LogP contribution in [0.3, 0.4) is 0 Å². The van der Waals surface area contributed by atoms with Gasteiger partial charge in [0.2, 0.25) is 0 Å². The highest BCUT2D eigenvalue weighted by atomic mass is 19.4. The lowest BCUT2D eigenvalue weighted by Crippen LogP contribution is -2.19. The van der Waals surface area contributed by atoms with E-state index in [-0.39, 0.29) is 23.2 Å². The number of hydrogen-bond donors (Lipinski definition) is 2. The first kappa shape index (κ1) is 25.0. The Labute approximate surface area is 212 Å². The monoisotopic (exact) mass is 522 g/mol. The van der Waals surface area contributed by atoms with Crippen molar-refractivity contribution in [3.8, 4) is 17.1 Å². The first-order valence-electron chi connectivity index (χ1n) is 11.2. The molecule has 0 radical (unpaired) electrons. The molecule has 1 amide bonds. The van der Waals surface area contributed by atoms with Crippen molar-refractivity contribution in [3.05, 3.63) is 95.7 Å². The lowest BCUT2D eigenvalue weighted by atomic mass is 10.0. The smallest absolute Gasteiger partial charge is 0.389 e. The molecule has 12 heteroatoms. The maximum Gasteiger partial charge on any atom is 0.417 e. The van der Waals surface area contributed by atoms with Gasteiger partial charge in [-0.1, -0.05) is 18.2 Å². The highest BCUT2D eigenvalue weighted by molar-refractivity contribution is 6.08. The van der Waals surface area contributed by atoms with Crippen LogP contribution in [-0.2, 0) is 6.18 Å². The molecule has 0 unspecified atom stereocenters. The number of aliphatic hydroxyl groups excluding tert-OH is 1. The van der Waals surface area contributed by atoms with Crippen molar-refractivity contribution in [1.29, 1.82) is 0 Å². The molecule has 0 saturated carbocycles. The second kappa shape index (κ2) is 9.63. The number of rotatable bonds is 5. The van der Waals surface area contributed by atoms with Gasteiger partial charge in [-0.25, -0.2) is 19.0 Å². The summed E-state index contributed by atoms with van der Waals surface area (Å²) < 4.78 is 57.4. The van der Waals surface area contributed by atoms with Crippen LogP contribution >= 0.6 is 0 Å². The van der Waals surface area contributed by atoms with E-state index in [2.05, 4.69) is 25.4 Å². The van der Waals surface area contributed by atoms with Gasteiger partial charge in [-0.05, 0) is 43.3 Å². The van der Waals surface area contributed by atoms with Gasteiger partial charge in [-0.2, -0.15) is 18.3 Å². The standard InChI is InChI=1S/C26H18F4N6O2/c1-14(37)15-10-21-22(33-13-15)24(36(35-21)16-6-3-2-4-7-16)34-25(38)18-11-17(23-31-8-5-9-32-23)19(12-20(18)27)26(28,29)30/h2-14,37H,1H3,(H,34,38)/t14-/m1/s1. The maximum atomic E-state index is 15.0. The van der Waals surface area contributed by atoms with Crippen LogP contribution in [0.4, 0.5) is 23.4 Å². The fourth-order valence-electron chi connectivity index (χ4n) is 3.86. The number of aliphatic hydroxyl groups is 1. The number of pyridine rings is 1. The van der Waals surface area contributed by atoms with E-state index < -0.39 is 40.7 Å². The van der Waals surface area contributed by atoms with Crippen molar-refractivity contribution >= 4 is 22.8 Å². The molecule has 0 bridgehead atoms. The zero-order valence-corrected chi connectivity index (χ0v) is 19.6. The number of fused-ring (bicyclic) bond motifs is 1. The fourth-order valence-corrected chi connectivity index (χ4v) is 3.86. The molecule has 0 aliphatic heterocycles. The normalized spacial score (nSPS) is 12.5. The van der Waals surface area contributed by atoms with Crippen molar-refractivity contribution in [2.75, 3.05) is 5.32 Å². The van der Waals surface area contributed by atoms with Crippen LogP contribution in [0.2, 0.25) is 0 Å². The summed E-state index contributed by atoms with van der Waals surface area (Å²) in [6.45, 7) is 1.56. The van der Waals surface area contributed by atoms with Crippen molar-refractivity contribution in [3.63, 3.8) is 0 Å². The third-order valence-electron chi connectivity index (χ3n) is 5.71. The second-order valence-corrected chi connectivity index (χ2v) is 8.31. The first-order chi connectivity index (χ1) is 18.1. The molecule has 0 spiro atoms. The van der Waals surface area contributed by atoms with Gasteiger partial charge < -0.3 is 10.4 Å². The molecule has 0 fully saturated rings. The van der Waals surface area contributed by atoms with Crippen molar-refractivity contribution < 1.29 is 27.5 Å². The second-order valence-electron chi connectivity index (χ2n) is 8.31. The van der Waals surface area contributed by atoms with Crippen molar-refractivity contribution in [2.24, 2.45) is 0 Å². The summed E-state index contributed by atoms with van der Waals surface area (Å²) in [6.07, 6.45) is -1.86. The Morgan fingerprint density at radius 3 is 2.39 bits per heavy atom. The van der Waals surface area contributed by atoms with Gasteiger partial charge in [0.1, 0.15) is 16.9 Å². The number of carbonyl (C=O) groups excluding carboxylic acids is 1. The van der Waals surface area contributed by atoms with Gasteiger partial charge in [0, 0.05) is 29.7 Å². The Balaban J connectivity index is 1.63. The first-order valence-corrected chi connectivity index (χ1v) is 11.2. The van der Waals surface area contributed by atoms with Gasteiger partial charge in [0.15, 0.2) is 11.6 Å². The van der Waals surface area contributed by atoms with E-state index in [1.807, 2.05) is 0 Å². The fraction of sp³-hybridized carbons (Fsp3) is 0.115. The average molecular weight is 522 g/mol. The SMILES string of the molecule is C[C@@H](O)c1cnc2c(NC(=O)c3cc(-c4ncccn4)c(C(F)(F)F)cc3F)n(-c3ccccc3)nc2c1. The van der Waals surface area contributed by atoms with Gasteiger partial charge >= 0.3 is 6.18 Å². The molecule has 1 atom stereocenters. The summed E-state index contributed by atoms with van der Waals surface area (Å²) >= 11 is 0. The Hall–Kier alpha value is -4.71. The minimum Gasteiger partial charge on any atom is -0.389 e. The number of benzene rings is 2. The Bertz CT molecular complexity index is 1640. The van der Waals surface area contributed by atoms with Crippen LogP contribution in [0.5, 0.6) is 0 Å². The molecule has 0 aliphatic carbocycles. The highest BCUT2D eigenvalue weighted by Gasteiger charge is 2.36. The number of hydrogen-bond acceptors (Lipinski definition) is 6. The number of carbonyl (C=O) groups is 1. The maximum absolute atomic E-state index is 15.0. The molecular formula is C26H18F4N6O2. The number of nitrogens with zero attached hydrogens (tertiary/aromatic N) is 5.